The van der Waals surface area contributed by atoms with Gasteiger partial charge in [0.25, 0.3) is 0 Å². The largest absolute Gasteiger partial charge is 0.481 e. The lowest BCUT2D eigenvalue weighted by Crippen LogP contribution is -2.50. The fourth-order valence-corrected chi connectivity index (χ4v) is 3.71. The number of likely N-dealkylation sites (tertiary alicyclic amines) is 1. The van der Waals surface area contributed by atoms with E-state index in [0.717, 1.165) is 0 Å². The van der Waals surface area contributed by atoms with Crippen LogP contribution < -0.4 is 5.32 Å². The van der Waals surface area contributed by atoms with E-state index in [2.05, 4.69) is 15.3 Å². The molecule has 1 aromatic carbocycles. The molecule has 0 radical (unpaired) electrons. The normalized spacial score (nSPS) is 20.2. The van der Waals surface area contributed by atoms with Crippen LogP contribution in [-0.2, 0) is 11.2 Å². The first kappa shape index (κ1) is 19.1. The van der Waals surface area contributed by atoms with Crippen LogP contribution >= 0.6 is 0 Å². The number of halogens is 1. The minimum absolute atomic E-state index is 0.0295. The summed E-state index contributed by atoms with van der Waals surface area (Å²) >= 11 is 0. The molecule has 1 aromatic heterocycles. The molecule has 3 N–H and O–H groups in total. The molecule has 2 amide bonds. The molecule has 7 nitrogen and oxygen atoms in total. The van der Waals surface area contributed by atoms with Crippen LogP contribution in [0.1, 0.15) is 32.5 Å². The van der Waals surface area contributed by atoms with Crippen LogP contribution in [0.3, 0.4) is 0 Å². The van der Waals surface area contributed by atoms with Crippen molar-refractivity contribution in [2.75, 3.05) is 13.1 Å². The number of H-pyrrole nitrogens is 1. The summed E-state index contributed by atoms with van der Waals surface area (Å²) in [5, 5.41) is 12.1. The number of aromatic nitrogens is 2. The Morgan fingerprint density at radius 2 is 2.19 bits per heavy atom. The first-order valence-corrected chi connectivity index (χ1v) is 9.23. The Balaban J connectivity index is 1.77. The SMILES string of the molecule is CC(C)NC(=O)N1CCC(CC(=O)O)C(Cc2nc3ccc(F)cc3[nH]2)C1. The van der Waals surface area contributed by atoms with Crippen molar-refractivity contribution in [1.82, 2.24) is 20.2 Å². The molecule has 2 unspecified atom stereocenters. The van der Waals surface area contributed by atoms with Crippen LogP contribution in [0.5, 0.6) is 0 Å². The summed E-state index contributed by atoms with van der Waals surface area (Å²) in [6.07, 6.45) is 1.22. The highest BCUT2D eigenvalue weighted by Crippen LogP contribution is 2.29. The van der Waals surface area contributed by atoms with E-state index < -0.39 is 5.97 Å². The number of carboxylic acid groups (broad SMARTS) is 1. The number of aliphatic carboxylic acids is 1. The summed E-state index contributed by atoms with van der Waals surface area (Å²) in [7, 11) is 0. The number of aromatic amines is 1. The fourth-order valence-electron chi connectivity index (χ4n) is 3.71. The molecule has 3 rings (SSSR count). The number of carbonyl (C=O) groups is 2. The number of imidazole rings is 1. The highest BCUT2D eigenvalue weighted by molar-refractivity contribution is 5.75. The monoisotopic (exact) mass is 376 g/mol. The summed E-state index contributed by atoms with van der Waals surface area (Å²) in [6, 6.07) is 4.28. The predicted molar refractivity (Wildman–Crippen MR) is 98.8 cm³/mol. The predicted octanol–water partition coefficient (Wildman–Crippen LogP) is 2.78. The lowest BCUT2D eigenvalue weighted by atomic mass is 9.81. The number of amides is 2. The molecule has 0 aliphatic carbocycles. The first-order valence-electron chi connectivity index (χ1n) is 9.23. The van der Waals surface area contributed by atoms with Crippen molar-refractivity contribution in [3.63, 3.8) is 0 Å². The van der Waals surface area contributed by atoms with Crippen molar-refractivity contribution in [2.45, 2.75) is 39.2 Å². The molecular formula is C19H25FN4O3. The summed E-state index contributed by atoms with van der Waals surface area (Å²) in [6.45, 7) is 4.82. The Morgan fingerprint density at radius 3 is 2.89 bits per heavy atom. The van der Waals surface area contributed by atoms with Gasteiger partial charge < -0.3 is 20.3 Å². The van der Waals surface area contributed by atoms with Gasteiger partial charge in [-0.25, -0.2) is 14.2 Å². The van der Waals surface area contributed by atoms with E-state index in [-0.39, 0.29) is 36.1 Å². The molecular weight excluding hydrogens is 351 g/mol. The van der Waals surface area contributed by atoms with E-state index >= 15 is 0 Å². The van der Waals surface area contributed by atoms with Crippen LogP contribution in [-0.4, -0.2) is 51.1 Å². The van der Waals surface area contributed by atoms with E-state index in [4.69, 9.17) is 0 Å². The van der Waals surface area contributed by atoms with E-state index in [1.54, 1.807) is 11.0 Å². The second kappa shape index (κ2) is 7.94. The van der Waals surface area contributed by atoms with E-state index in [9.17, 15) is 19.1 Å². The number of hydrogen-bond donors (Lipinski definition) is 3. The van der Waals surface area contributed by atoms with Gasteiger partial charge in [-0.05, 0) is 50.3 Å². The first-order chi connectivity index (χ1) is 12.8. The molecule has 27 heavy (non-hydrogen) atoms. The minimum atomic E-state index is -0.836. The highest BCUT2D eigenvalue weighted by atomic mass is 19.1. The van der Waals surface area contributed by atoms with E-state index in [1.807, 2.05) is 13.8 Å². The number of urea groups is 1. The Labute approximate surface area is 157 Å². The second-order valence-electron chi connectivity index (χ2n) is 7.51. The maximum atomic E-state index is 13.4. The number of hydrogen-bond acceptors (Lipinski definition) is 3. The zero-order chi connectivity index (χ0) is 19.6. The molecule has 1 saturated heterocycles. The molecule has 1 aliphatic rings. The molecule has 2 atom stereocenters. The van der Waals surface area contributed by atoms with E-state index in [1.165, 1.54) is 12.1 Å². The number of benzene rings is 1. The number of nitrogens with zero attached hydrogens (tertiary/aromatic N) is 2. The van der Waals surface area contributed by atoms with Crippen molar-refractivity contribution in [1.29, 1.82) is 0 Å². The van der Waals surface area contributed by atoms with Crippen molar-refractivity contribution in [3.05, 3.63) is 29.8 Å². The lowest BCUT2D eigenvalue weighted by Gasteiger charge is -2.38. The molecule has 0 saturated carbocycles. The quantitative estimate of drug-likeness (QED) is 0.747. The number of carbonyl (C=O) groups excluding carboxylic acids is 1. The zero-order valence-electron chi connectivity index (χ0n) is 15.5. The van der Waals surface area contributed by atoms with Gasteiger partial charge in [0, 0.05) is 32.0 Å². The summed E-state index contributed by atoms with van der Waals surface area (Å²) in [5.74, 6) is -0.553. The lowest BCUT2D eigenvalue weighted by molar-refractivity contribution is -0.139. The van der Waals surface area contributed by atoms with Gasteiger partial charge in [-0.1, -0.05) is 0 Å². The summed E-state index contributed by atoms with van der Waals surface area (Å²) in [4.78, 5) is 32.9. The van der Waals surface area contributed by atoms with Gasteiger partial charge in [0.2, 0.25) is 0 Å². The molecule has 146 valence electrons. The van der Waals surface area contributed by atoms with Crippen LogP contribution in [0, 0.1) is 17.7 Å². The minimum Gasteiger partial charge on any atom is -0.481 e. The molecule has 0 bridgehead atoms. The van der Waals surface area contributed by atoms with Gasteiger partial charge >= 0.3 is 12.0 Å². The molecule has 1 aliphatic heterocycles. The van der Waals surface area contributed by atoms with Crippen molar-refractivity contribution < 1.29 is 19.1 Å². The molecule has 2 heterocycles. The number of nitrogens with one attached hydrogen (secondary N) is 2. The van der Waals surface area contributed by atoms with Crippen molar-refractivity contribution >= 4 is 23.0 Å². The summed E-state index contributed by atoms with van der Waals surface area (Å²) < 4.78 is 13.4. The van der Waals surface area contributed by atoms with Crippen LogP contribution in [0.25, 0.3) is 11.0 Å². The Morgan fingerprint density at radius 1 is 1.41 bits per heavy atom. The second-order valence-corrected chi connectivity index (χ2v) is 7.51. The average molecular weight is 376 g/mol. The number of rotatable bonds is 5. The fraction of sp³-hybridized carbons (Fsp3) is 0.526. The zero-order valence-corrected chi connectivity index (χ0v) is 15.5. The standard InChI is InChI=1S/C19H25FN4O3/c1-11(2)21-19(27)24-6-5-12(8-18(25)26)13(10-24)7-17-22-15-4-3-14(20)9-16(15)23-17/h3-4,9,11-13H,5-8,10H2,1-2H3,(H,21,27)(H,22,23)(H,25,26). The molecule has 8 heteroatoms. The maximum absolute atomic E-state index is 13.4. The molecule has 1 fully saturated rings. The van der Waals surface area contributed by atoms with Crippen LogP contribution in [0.2, 0.25) is 0 Å². The van der Waals surface area contributed by atoms with Crippen LogP contribution in [0.15, 0.2) is 18.2 Å². The molecule has 2 aromatic rings. The van der Waals surface area contributed by atoms with Gasteiger partial charge in [0.15, 0.2) is 0 Å². The van der Waals surface area contributed by atoms with Gasteiger partial charge in [-0.15, -0.1) is 0 Å². The number of piperidine rings is 1. The highest BCUT2D eigenvalue weighted by Gasteiger charge is 2.33. The number of carboxylic acids is 1. The third kappa shape index (κ3) is 4.75. The topological polar surface area (TPSA) is 98.3 Å². The third-order valence-corrected chi connectivity index (χ3v) is 4.98. The van der Waals surface area contributed by atoms with Crippen molar-refractivity contribution in [2.24, 2.45) is 11.8 Å². The summed E-state index contributed by atoms with van der Waals surface area (Å²) in [5.41, 5.74) is 1.29. The number of fused-ring (bicyclic) bond motifs is 1. The van der Waals surface area contributed by atoms with Gasteiger partial charge in [0.05, 0.1) is 11.0 Å². The van der Waals surface area contributed by atoms with E-state index in [0.29, 0.717) is 42.8 Å². The Kier molecular flexibility index (Phi) is 5.62. The average Bonchev–Trinajstić information content (AvgIpc) is 2.96. The maximum Gasteiger partial charge on any atom is 0.317 e. The van der Waals surface area contributed by atoms with Gasteiger partial charge in [-0.3, -0.25) is 4.79 Å². The van der Waals surface area contributed by atoms with Crippen LogP contribution in [0.4, 0.5) is 9.18 Å². The van der Waals surface area contributed by atoms with Gasteiger partial charge in [0.1, 0.15) is 11.6 Å². The Hall–Kier alpha value is -2.64. The van der Waals surface area contributed by atoms with Gasteiger partial charge in [-0.2, -0.15) is 0 Å². The third-order valence-electron chi connectivity index (χ3n) is 4.98. The van der Waals surface area contributed by atoms with Crippen molar-refractivity contribution in [3.8, 4) is 0 Å². The smallest absolute Gasteiger partial charge is 0.317 e. The molecule has 0 spiro atoms. The Bertz CT molecular complexity index is 835.